The number of hydrogen-bond donors (Lipinski definition) is 1. The Labute approximate surface area is 98.9 Å². The van der Waals surface area contributed by atoms with Crippen LogP contribution in [0.5, 0.6) is 0 Å². The lowest BCUT2D eigenvalue weighted by molar-refractivity contribution is -0.119. The third-order valence-electron chi connectivity index (χ3n) is 4.01. The van der Waals surface area contributed by atoms with E-state index in [4.69, 9.17) is 0 Å². The van der Waals surface area contributed by atoms with Crippen molar-refractivity contribution >= 4 is 22.5 Å². The number of fused-ring (bicyclic) bond motifs is 2. The summed E-state index contributed by atoms with van der Waals surface area (Å²) in [5, 5.41) is 5.13. The Hall–Kier alpha value is -1.90. The molecule has 3 heteroatoms. The zero-order valence-electron chi connectivity index (χ0n) is 9.31. The molecule has 0 bridgehead atoms. The van der Waals surface area contributed by atoms with Gasteiger partial charge in [0.2, 0.25) is 5.91 Å². The van der Waals surface area contributed by atoms with E-state index in [-0.39, 0.29) is 11.3 Å². The maximum Gasteiger partial charge on any atom is 0.232 e. The van der Waals surface area contributed by atoms with Crippen LogP contribution < -0.4 is 5.32 Å². The van der Waals surface area contributed by atoms with E-state index in [2.05, 4.69) is 10.3 Å². The van der Waals surface area contributed by atoms with Gasteiger partial charge in [0.1, 0.15) is 5.82 Å². The van der Waals surface area contributed by atoms with Crippen molar-refractivity contribution in [2.45, 2.75) is 12.8 Å². The molecule has 0 atom stereocenters. The maximum absolute atomic E-state index is 11.9. The van der Waals surface area contributed by atoms with Crippen LogP contribution in [0.25, 0.3) is 10.8 Å². The Bertz CT molecular complexity index is 629. The first kappa shape index (κ1) is 9.16. The third-order valence-corrected chi connectivity index (χ3v) is 4.01. The van der Waals surface area contributed by atoms with Gasteiger partial charge in [-0.3, -0.25) is 4.79 Å². The quantitative estimate of drug-likeness (QED) is 0.851. The zero-order valence-corrected chi connectivity index (χ0v) is 9.31. The molecule has 2 fully saturated rings. The minimum Gasteiger partial charge on any atom is -0.310 e. The highest BCUT2D eigenvalue weighted by Crippen LogP contribution is 2.75. The fourth-order valence-electron chi connectivity index (χ4n) is 2.47. The first-order valence-corrected chi connectivity index (χ1v) is 5.94. The van der Waals surface area contributed by atoms with Crippen molar-refractivity contribution in [3.05, 3.63) is 36.5 Å². The standard InChI is InChI=1S/C14H12N2O/c17-13(14-6-11(14)7-14)16-12-5-9-3-1-2-4-10(9)8-15-12/h1-5,8,11H,6-7H2,(H,15,16,17). The number of nitrogens with zero attached hydrogens (tertiary/aromatic N) is 1. The summed E-state index contributed by atoms with van der Waals surface area (Å²) < 4.78 is 0. The highest BCUT2D eigenvalue weighted by molar-refractivity contribution is 6.00. The summed E-state index contributed by atoms with van der Waals surface area (Å²) in [6, 6.07) is 9.96. The summed E-state index contributed by atoms with van der Waals surface area (Å²) in [4.78, 5) is 16.2. The predicted octanol–water partition coefficient (Wildman–Crippen LogP) is 2.58. The molecule has 0 radical (unpaired) electrons. The average molecular weight is 224 g/mol. The van der Waals surface area contributed by atoms with Crippen LogP contribution in [0.15, 0.2) is 36.5 Å². The Morgan fingerprint density at radius 3 is 2.71 bits per heavy atom. The molecule has 0 spiro atoms. The summed E-state index contributed by atoms with van der Waals surface area (Å²) in [7, 11) is 0. The van der Waals surface area contributed by atoms with E-state index in [1.165, 1.54) is 0 Å². The molecule has 1 heterocycles. The van der Waals surface area contributed by atoms with E-state index in [0.717, 1.165) is 23.6 Å². The molecule has 2 aliphatic carbocycles. The van der Waals surface area contributed by atoms with Gasteiger partial charge in [0.15, 0.2) is 0 Å². The number of amides is 1. The number of hydrogen-bond acceptors (Lipinski definition) is 2. The van der Waals surface area contributed by atoms with E-state index in [1.807, 2.05) is 30.3 Å². The van der Waals surface area contributed by atoms with Gasteiger partial charge in [-0.1, -0.05) is 24.3 Å². The van der Waals surface area contributed by atoms with Crippen molar-refractivity contribution in [2.24, 2.45) is 11.3 Å². The second kappa shape index (κ2) is 2.86. The van der Waals surface area contributed by atoms with Gasteiger partial charge < -0.3 is 5.32 Å². The van der Waals surface area contributed by atoms with Crippen molar-refractivity contribution in [3.63, 3.8) is 0 Å². The van der Waals surface area contributed by atoms with Crippen LogP contribution in [0.3, 0.4) is 0 Å². The fraction of sp³-hybridized carbons (Fsp3) is 0.286. The molecule has 4 rings (SSSR count). The molecule has 17 heavy (non-hydrogen) atoms. The number of aromatic nitrogens is 1. The van der Waals surface area contributed by atoms with Gasteiger partial charge in [-0.05, 0) is 30.2 Å². The van der Waals surface area contributed by atoms with Crippen molar-refractivity contribution in [1.29, 1.82) is 0 Å². The molecular weight excluding hydrogens is 212 g/mol. The Morgan fingerprint density at radius 2 is 2.00 bits per heavy atom. The number of pyridine rings is 1. The number of benzene rings is 1. The molecule has 1 aromatic heterocycles. The number of carbonyl (C=O) groups is 1. The second-order valence-electron chi connectivity index (χ2n) is 5.13. The molecule has 2 aliphatic rings. The monoisotopic (exact) mass is 224 g/mol. The highest BCUT2D eigenvalue weighted by Gasteiger charge is 2.74. The van der Waals surface area contributed by atoms with Crippen LogP contribution in [0, 0.1) is 11.3 Å². The molecule has 84 valence electrons. The molecule has 2 aromatic rings. The largest absolute Gasteiger partial charge is 0.310 e. The van der Waals surface area contributed by atoms with E-state index in [9.17, 15) is 4.79 Å². The van der Waals surface area contributed by atoms with E-state index < -0.39 is 0 Å². The first-order chi connectivity index (χ1) is 8.28. The van der Waals surface area contributed by atoms with Crippen molar-refractivity contribution in [3.8, 4) is 0 Å². The molecule has 2 saturated carbocycles. The molecule has 0 unspecified atom stereocenters. The minimum absolute atomic E-state index is 0.00727. The molecule has 0 saturated heterocycles. The van der Waals surface area contributed by atoms with Crippen LogP contribution >= 0.6 is 0 Å². The normalized spacial score (nSPS) is 28.6. The van der Waals surface area contributed by atoms with Gasteiger partial charge in [-0.2, -0.15) is 0 Å². The molecular formula is C14H12N2O. The highest BCUT2D eigenvalue weighted by atomic mass is 16.2. The number of carbonyl (C=O) groups excluding carboxylic acids is 1. The average Bonchev–Trinajstić information content (AvgIpc) is 3.17. The predicted molar refractivity (Wildman–Crippen MR) is 65.5 cm³/mol. The van der Waals surface area contributed by atoms with E-state index >= 15 is 0 Å². The van der Waals surface area contributed by atoms with Gasteiger partial charge in [0.05, 0.1) is 5.41 Å². The van der Waals surface area contributed by atoms with Crippen LogP contribution in [0.2, 0.25) is 0 Å². The fourth-order valence-corrected chi connectivity index (χ4v) is 2.47. The van der Waals surface area contributed by atoms with Gasteiger partial charge >= 0.3 is 0 Å². The second-order valence-corrected chi connectivity index (χ2v) is 5.13. The van der Waals surface area contributed by atoms with E-state index in [0.29, 0.717) is 11.7 Å². The topological polar surface area (TPSA) is 42.0 Å². The summed E-state index contributed by atoms with van der Waals surface area (Å²) in [5.41, 5.74) is 0.00727. The molecule has 1 aromatic carbocycles. The van der Waals surface area contributed by atoms with Gasteiger partial charge in [-0.25, -0.2) is 4.98 Å². The first-order valence-electron chi connectivity index (χ1n) is 5.94. The zero-order chi connectivity index (χ0) is 11.5. The molecule has 1 N–H and O–H groups in total. The van der Waals surface area contributed by atoms with Crippen LogP contribution in [-0.2, 0) is 4.79 Å². The SMILES string of the molecule is O=C(Nc1cc2ccccc2cn1)C12CC1C2. The number of nitrogens with one attached hydrogen (secondary N) is 1. The van der Waals surface area contributed by atoms with Crippen LogP contribution in [0.4, 0.5) is 5.82 Å². The van der Waals surface area contributed by atoms with Crippen LogP contribution in [-0.4, -0.2) is 10.9 Å². The Morgan fingerprint density at radius 1 is 1.29 bits per heavy atom. The van der Waals surface area contributed by atoms with Crippen molar-refractivity contribution in [1.82, 2.24) is 4.98 Å². The summed E-state index contributed by atoms with van der Waals surface area (Å²) in [6.07, 6.45) is 3.96. The van der Waals surface area contributed by atoms with E-state index in [1.54, 1.807) is 6.20 Å². The smallest absolute Gasteiger partial charge is 0.232 e. The van der Waals surface area contributed by atoms with Crippen molar-refractivity contribution < 1.29 is 4.79 Å². The van der Waals surface area contributed by atoms with Gasteiger partial charge in [0.25, 0.3) is 0 Å². The molecule has 0 aliphatic heterocycles. The number of rotatable bonds is 2. The summed E-state index contributed by atoms with van der Waals surface area (Å²) >= 11 is 0. The Kier molecular flexibility index (Phi) is 1.54. The molecule has 1 amide bonds. The van der Waals surface area contributed by atoms with Crippen LogP contribution in [0.1, 0.15) is 12.8 Å². The van der Waals surface area contributed by atoms with Gasteiger partial charge in [0, 0.05) is 11.6 Å². The lowest BCUT2D eigenvalue weighted by Gasteiger charge is -2.06. The van der Waals surface area contributed by atoms with Gasteiger partial charge in [-0.15, -0.1) is 0 Å². The number of anilines is 1. The summed E-state index contributed by atoms with van der Waals surface area (Å²) in [5.74, 6) is 1.49. The lowest BCUT2D eigenvalue weighted by atomic mass is 10.1. The molecule has 3 nitrogen and oxygen atoms in total. The third kappa shape index (κ3) is 1.28. The lowest BCUT2D eigenvalue weighted by Crippen LogP contribution is -2.18. The summed E-state index contributed by atoms with van der Waals surface area (Å²) in [6.45, 7) is 0. The maximum atomic E-state index is 11.9. The minimum atomic E-state index is 0.00727. The Balaban J connectivity index is 1.64. The van der Waals surface area contributed by atoms with Crippen molar-refractivity contribution in [2.75, 3.05) is 5.32 Å².